The van der Waals surface area contributed by atoms with Crippen molar-refractivity contribution < 1.29 is 9.18 Å². The van der Waals surface area contributed by atoms with Gasteiger partial charge < -0.3 is 5.32 Å². The van der Waals surface area contributed by atoms with Gasteiger partial charge in [0.15, 0.2) is 0 Å². The molecule has 0 fully saturated rings. The van der Waals surface area contributed by atoms with Gasteiger partial charge in [-0.25, -0.2) is 4.39 Å². The highest BCUT2D eigenvalue weighted by molar-refractivity contribution is 5.97. The average Bonchev–Trinajstić information content (AvgIpc) is 2.66. The molecule has 0 saturated heterocycles. The van der Waals surface area contributed by atoms with E-state index in [1.54, 1.807) is 18.2 Å². The average molecular weight is 360 g/mol. The number of fused-ring (bicyclic) bond motifs is 1. The van der Waals surface area contributed by atoms with Crippen LogP contribution in [-0.4, -0.2) is 16.9 Å². The summed E-state index contributed by atoms with van der Waals surface area (Å²) < 4.78 is 13.8. The van der Waals surface area contributed by atoms with Crippen LogP contribution in [0.4, 0.5) is 4.39 Å². The van der Waals surface area contributed by atoms with E-state index in [0.29, 0.717) is 16.9 Å². The summed E-state index contributed by atoms with van der Waals surface area (Å²) in [6, 6.07) is 15.7. The number of rotatable bonds is 4. The van der Waals surface area contributed by atoms with E-state index < -0.39 is 5.82 Å². The molecule has 1 amide bonds. The van der Waals surface area contributed by atoms with Crippen molar-refractivity contribution in [3.63, 3.8) is 0 Å². The second-order valence-electron chi connectivity index (χ2n) is 6.83. The molecule has 0 bridgehead atoms. The van der Waals surface area contributed by atoms with Gasteiger partial charge in [0.1, 0.15) is 11.3 Å². The zero-order chi connectivity index (χ0) is 19.2. The fourth-order valence-corrected chi connectivity index (χ4v) is 2.81. The fraction of sp³-hybridized carbons (Fsp3) is 0.217. The van der Waals surface area contributed by atoms with Gasteiger partial charge in [0.25, 0.3) is 5.91 Å². The van der Waals surface area contributed by atoms with Crippen molar-refractivity contribution in [2.45, 2.75) is 26.3 Å². The number of hydrogen-bond acceptors (Lipinski definition) is 2. The van der Waals surface area contributed by atoms with Crippen molar-refractivity contribution in [3.8, 4) is 11.8 Å². The molecule has 3 rings (SSSR count). The first-order chi connectivity index (χ1) is 13.0. The van der Waals surface area contributed by atoms with E-state index in [1.165, 1.54) is 12.3 Å². The van der Waals surface area contributed by atoms with E-state index in [4.69, 9.17) is 0 Å². The second-order valence-corrected chi connectivity index (χ2v) is 6.83. The lowest BCUT2D eigenvalue weighted by molar-refractivity contribution is 0.0942. The van der Waals surface area contributed by atoms with Crippen LogP contribution in [0.2, 0.25) is 0 Å². The Morgan fingerprint density at radius 2 is 1.93 bits per heavy atom. The molecule has 0 aliphatic heterocycles. The largest absolute Gasteiger partial charge is 0.338 e. The molecule has 0 aliphatic carbocycles. The van der Waals surface area contributed by atoms with Crippen LogP contribution in [0.15, 0.2) is 60.8 Å². The first-order valence-corrected chi connectivity index (χ1v) is 8.94. The van der Waals surface area contributed by atoms with Crippen molar-refractivity contribution in [1.82, 2.24) is 10.3 Å². The Morgan fingerprint density at radius 1 is 1.15 bits per heavy atom. The molecular formula is C23H21FN2O. The first-order valence-electron chi connectivity index (χ1n) is 8.94. The van der Waals surface area contributed by atoms with Crippen LogP contribution < -0.4 is 5.32 Å². The summed E-state index contributed by atoms with van der Waals surface area (Å²) in [6.07, 6.45) is 2.14. The van der Waals surface area contributed by atoms with Gasteiger partial charge in [-0.15, -0.1) is 0 Å². The number of nitrogens with one attached hydrogen (secondary N) is 1. The summed E-state index contributed by atoms with van der Waals surface area (Å²) in [4.78, 5) is 16.8. The zero-order valence-corrected chi connectivity index (χ0v) is 15.4. The summed E-state index contributed by atoms with van der Waals surface area (Å²) in [5.74, 6) is 5.99. The molecule has 1 aromatic heterocycles. The Hall–Kier alpha value is -3.19. The van der Waals surface area contributed by atoms with Crippen LogP contribution in [0.3, 0.4) is 0 Å². The maximum Gasteiger partial charge on any atom is 0.253 e. The molecule has 1 atom stereocenters. The first kappa shape index (κ1) is 18.6. The van der Waals surface area contributed by atoms with Gasteiger partial charge in [-0.1, -0.05) is 56.0 Å². The standard InChI is InChI=1S/C23H21FN2O/c1-16(2)13-20(12-11-17-7-4-3-5-8-17)26-23(27)19-14-18-9-6-10-21(24)22(18)25-15-19/h3-10,14-16,20H,13H2,1-2H3,(H,26,27). The molecule has 3 nitrogen and oxygen atoms in total. The number of halogens is 1. The molecule has 0 saturated carbocycles. The maximum atomic E-state index is 13.8. The number of carbonyl (C=O) groups is 1. The highest BCUT2D eigenvalue weighted by atomic mass is 19.1. The Labute approximate surface area is 158 Å². The smallest absolute Gasteiger partial charge is 0.253 e. The van der Waals surface area contributed by atoms with Crippen molar-refractivity contribution in [2.75, 3.05) is 0 Å². The number of pyridine rings is 1. The molecule has 1 heterocycles. The van der Waals surface area contributed by atoms with Gasteiger partial charge in [0.2, 0.25) is 0 Å². The molecule has 0 spiro atoms. The SMILES string of the molecule is CC(C)CC(C#Cc1ccccc1)NC(=O)c1cnc2c(F)cccc2c1. The van der Waals surface area contributed by atoms with E-state index in [2.05, 4.69) is 36.0 Å². The lowest BCUT2D eigenvalue weighted by Crippen LogP contribution is -2.35. The van der Waals surface area contributed by atoms with E-state index >= 15 is 0 Å². The van der Waals surface area contributed by atoms with Crippen molar-refractivity contribution in [2.24, 2.45) is 5.92 Å². The van der Waals surface area contributed by atoms with E-state index in [0.717, 1.165) is 12.0 Å². The third-order valence-electron chi connectivity index (χ3n) is 4.10. The maximum absolute atomic E-state index is 13.8. The van der Waals surface area contributed by atoms with Crippen LogP contribution in [0.5, 0.6) is 0 Å². The number of amides is 1. The van der Waals surface area contributed by atoms with Crippen molar-refractivity contribution >= 4 is 16.8 Å². The van der Waals surface area contributed by atoms with Gasteiger partial charge in [-0.05, 0) is 36.6 Å². The van der Waals surface area contributed by atoms with Gasteiger partial charge in [0.05, 0.1) is 11.6 Å². The molecule has 0 radical (unpaired) electrons. The van der Waals surface area contributed by atoms with Crippen LogP contribution in [0.1, 0.15) is 36.2 Å². The van der Waals surface area contributed by atoms with Gasteiger partial charge in [0, 0.05) is 17.1 Å². The summed E-state index contributed by atoms with van der Waals surface area (Å²) >= 11 is 0. The Morgan fingerprint density at radius 3 is 2.67 bits per heavy atom. The number of para-hydroxylation sites is 1. The summed E-state index contributed by atoms with van der Waals surface area (Å²) in [5, 5.41) is 3.56. The minimum absolute atomic E-state index is 0.261. The van der Waals surface area contributed by atoms with E-state index in [-0.39, 0.29) is 17.5 Å². The lowest BCUT2D eigenvalue weighted by atomic mass is 10.0. The quantitative estimate of drug-likeness (QED) is 0.693. The molecule has 4 heteroatoms. The fourth-order valence-electron chi connectivity index (χ4n) is 2.81. The van der Waals surface area contributed by atoms with Crippen molar-refractivity contribution in [3.05, 3.63) is 77.7 Å². The number of nitrogens with zero attached hydrogens (tertiary/aromatic N) is 1. The topological polar surface area (TPSA) is 42.0 Å². The monoisotopic (exact) mass is 360 g/mol. The molecule has 0 aliphatic rings. The van der Waals surface area contributed by atoms with Crippen LogP contribution in [0, 0.1) is 23.6 Å². The predicted octanol–water partition coefficient (Wildman–Crippen LogP) is 4.57. The Balaban J connectivity index is 1.81. The van der Waals surface area contributed by atoms with E-state index in [1.807, 2.05) is 30.3 Å². The molecule has 2 aromatic carbocycles. The summed E-state index contributed by atoms with van der Waals surface area (Å²) in [5.41, 5.74) is 1.56. The van der Waals surface area contributed by atoms with Crippen LogP contribution in [-0.2, 0) is 0 Å². The molecule has 3 aromatic rings. The summed E-state index contributed by atoms with van der Waals surface area (Å²) in [6.45, 7) is 4.17. The van der Waals surface area contributed by atoms with Gasteiger partial charge in [-0.2, -0.15) is 0 Å². The van der Waals surface area contributed by atoms with Crippen molar-refractivity contribution in [1.29, 1.82) is 0 Å². The molecular weight excluding hydrogens is 339 g/mol. The number of hydrogen-bond donors (Lipinski definition) is 1. The summed E-state index contributed by atoms with van der Waals surface area (Å²) in [7, 11) is 0. The highest BCUT2D eigenvalue weighted by Gasteiger charge is 2.14. The minimum atomic E-state index is -0.397. The van der Waals surface area contributed by atoms with Gasteiger partial charge in [-0.3, -0.25) is 9.78 Å². The third kappa shape index (κ3) is 4.92. The minimum Gasteiger partial charge on any atom is -0.338 e. The highest BCUT2D eigenvalue weighted by Crippen LogP contribution is 2.16. The van der Waals surface area contributed by atoms with Crippen LogP contribution in [0.25, 0.3) is 10.9 Å². The molecule has 27 heavy (non-hydrogen) atoms. The molecule has 1 N–H and O–H groups in total. The molecule has 136 valence electrons. The van der Waals surface area contributed by atoms with Gasteiger partial charge >= 0.3 is 0 Å². The number of aromatic nitrogens is 1. The zero-order valence-electron chi connectivity index (χ0n) is 15.4. The predicted molar refractivity (Wildman–Crippen MR) is 106 cm³/mol. The Kier molecular flexibility index (Phi) is 5.83. The van der Waals surface area contributed by atoms with E-state index in [9.17, 15) is 9.18 Å². The second kappa shape index (κ2) is 8.46. The number of benzene rings is 2. The normalized spacial score (nSPS) is 11.7. The third-order valence-corrected chi connectivity index (χ3v) is 4.10. The molecule has 1 unspecified atom stereocenters. The Bertz CT molecular complexity index is 1000. The number of carbonyl (C=O) groups excluding carboxylic acids is 1. The lowest BCUT2D eigenvalue weighted by Gasteiger charge is -2.15. The van der Waals surface area contributed by atoms with Crippen LogP contribution >= 0.6 is 0 Å².